The maximum atomic E-state index is 12.1. The van der Waals surface area contributed by atoms with Crippen molar-refractivity contribution in [3.63, 3.8) is 0 Å². The SMILES string of the molecule is C[C@H](O)[C@@H]1OCC2=CC[C@H]3C(=O)C=CC(=O)[C@H]3[C@H]21. The van der Waals surface area contributed by atoms with Gasteiger partial charge in [-0.1, -0.05) is 6.08 Å². The molecule has 18 heavy (non-hydrogen) atoms. The van der Waals surface area contributed by atoms with Crippen molar-refractivity contribution in [2.75, 3.05) is 6.61 Å². The summed E-state index contributed by atoms with van der Waals surface area (Å²) in [5.41, 5.74) is 1.07. The Morgan fingerprint density at radius 2 is 2.00 bits per heavy atom. The van der Waals surface area contributed by atoms with E-state index in [1.807, 2.05) is 6.08 Å². The highest BCUT2D eigenvalue weighted by atomic mass is 16.5. The van der Waals surface area contributed by atoms with Gasteiger partial charge in [0.25, 0.3) is 0 Å². The van der Waals surface area contributed by atoms with E-state index in [1.54, 1.807) is 6.92 Å². The lowest BCUT2D eigenvalue weighted by atomic mass is 9.65. The van der Waals surface area contributed by atoms with E-state index in [2.05, 4.69) is 0 Å². The molecule has 0 unspecified atom stereocenters. The highest BCUT2D eigenvalue weighted by Crippen LogP contribution is 2.45. The Hall–Kier alpha value is -1.26. The zero-order chi connectivity index (χ0) is 12.9. The van der Waals surface area contributed by atoms with Crippen molar-refractivity contribution in [3.8, 4) is 0 Å². The van der Waals surface area contributed by atoms with Gasteiger partial charge < -0.3 is 9.84 Å². The zero-order valence-corrected chi connectivity index (χ0v) is 10.2. The molecule has 2 aliphatic carbocycles. The highest BCUT2D eigenvalue weighted by Gasteiger charge is 2.50. The van der Waals surface area contributed by atoms with Crippen molar-refractivity contribution in [1.82, 2.24) is 0 Å². The molecule has 1 aliphatic heterocycles. The van der Waals surface area contributed by atoms with Crippen molar-refractivity contribution >= 4 is 11.6 Å². The molecule has 0 bridgehead atoms. The summed E-state index contributed by atoms with van der Waals surface area (Å²) in [5, 5.41) is 9.77. The molecule has 1 heterocycles. The summed E-state index contributed by atoms with van der Waals surface area (Å²) in [4.78, 5) is 23.9. The minimum Gasteiger partial charge on any atom is -0.391 e. The fourth-order valence-corrected chi connectivity index (χ4v) is 3.42. The second-order valence-electron chi connectivity index (χ2n) is 5.33. The van der Waals surface area contributed by atoms with Crippen LogP contribution in [0.25, 0.3) is 0 Å². The van der Waals surface area contributed by atoms with Gasteiger partial charge in [-0.15, -0.1) is 0 Å². The number of aliphatic hydroxyl groups is 1. The Kier molecular flexibility index (Phi) is 2.72. The molecule has 1 fully saturated rings. The normalized spacial score (nSPS) is 40.2. The van der Waals surface area contributed by atoms with Gasteiger partial charge in [0, 0.05) is 17.8 Å². The van der Waals surface area contributed by atoms with Crippen LogP contribution >= 0.6 is 0 Å². The number of aliphatic hydroxyl groups excluding tert-OH is 1. The lowest BCUT2D eigenvalue weighted by molar-refractivity contribution is -0.132. The van der Waals surface area contributed by atoms with Gasteiger partial charge in [-0.2, -0.15) is 0 Å². The molecule has 0 aromatic rings. The molecule has 4 heteroatoms. The van der Waals surface area contributed by atoms with Crippen LogP contribution in [0, 0.1) is 17.8 Å². The molecule has 0 radical (unpaired) electrons. The maximum Gasteiger partial charge on any atom is 0.160 e. The van der Waals surface area contributed by atoms with Crippen LogP contribution in [0.5, 0.6) is 0 Å². The quantitative estimate of drug-likeness (QED) is 0.692. The van der Waals surface area contributed by atoms with E-state index in [1.165, 1.54) is 12.2 Å². The lowest BCUT2D eigenvalue weighted by Crippen LogP contribution is -2.45. The van der Waals surface area contributed by atoms with Gasteiger partial charge in [-0.3, -0.25) is 9.59 Å². The van der Waals surface area contributed by atoms with Gasteiger partial charge in [0.05, 0.1) is 18.8 Å². The Labute approximate surface area is 105 Å². The molecular weight excluding hydrogens is 232 g/mol. The molecule has 96 valence electrons. The van der Waals surface area contributed by atoms with E-state index in [-0.39, 0.29) is 35.4 Å². The van der Waals surface area contributed by atoms with Crippen LogP contribution in [0.4, 0.5) is 0 Å². The van der Waals surface area contributed by atoms with Crippen LogP contribution in [0.1, 0.15) is 13.3 Å². The molecule has 3 rings (SSSR count). The molecular formula is C14H16O4. The molecule has 4 nitrogen and oxygen atoms in total. The monoisotopic (exact) mass is 248 g/mol. The van der Waals surface area contributed by atoms with Gasteiger partial charge >= 0.3 is 0 Å². The van der Waals surface area contributed by atoms with Crippen LogP contribution in [0.3, 0.4) is 0 Å². The molecule has 1 saturated heterocycles. The number of ether oxygens (including phenoxy) is 1. The van der Waals surface area contributed by atoms with Gasteiger partial charge in [0.15, 0.2) is 11.6 Å². The summed E-state index contributed by atoms with van der Waals surface area (Å²) in [6.45, 7) is 2.14. The van der Waals surface area contributed by atoms with Crippen molar-refractivity contribution in [2.24, 2.45) is 17.8 Å². The van der Waals surface area contributed by atoms with Gasteiger partial charge in [0.1, 0.15) is 0 Å². The topological polar surface area (TPSA) is 63.6 Å². The van der Waals surface area contributed by atoms with E-state index >= 15 is 0 Å². The number of hydrogen-bond donors (Lipinski definition) is 1. The van der Waals surface area contributed by atoms with E-state index < -0.39 is 6.10 Å². The first kappa shape index (κ1) is 11.8. The predicted octanol–water partition coefficient (Wildman–Crippen LogP) is 0.653. The zero-order valence-electron chi connectivity index (χ0n) is 10.2. The fourth-order valence-electron chi connectivity index (χ4n) is 3.42. The molecule has 0 saturated carbocycles. The van der Waals surface area contributed by atoms with Gasteiger partial charge in [0.2, 0.25) is 0 Å². The van der Waals surface area contributed by atoms with Crippen LogP contribution in [0.15, 0.2) is 23.8 Å². The first-order valence-corrected chi connectivity index (χ1v) is 6.34. The van der Waals surface area contributed by atoms with Crippen molar-refractivity contribution in [3.05, 3.63) is 23.8 Å². The molecule has 3 aliphatic rings. The molecule has 0 aromatic heterocycles. The standard InChI is InChI=1S/C14H16O4/c1-7(15)14-12-8(6-18-14)2-3-9-10(16)4-5-11(17)13(9)12/h2,4-5,7,9,12-15H,3,6H2,1H3/t7-,9-,12-,13-,14-/m0/s1. The van der Waals surface area contributed by atoms with Crippen LogP contribution in [0.2, 0.25) is 0 Å². The third-order valence-electron chi connectivity index (χ3n) is 4.26. The first-order chi connectivity index (χ1) is 8.59. The second-order valence-corrected chi connectivity index (χ2v) is 5.33. The van der Waals surface area contributed by atoms with Crippen molar-refractivity contribution < 1.29 is 19.4 Å². The predicted molar refractivity (Wildman–Crippen MR) is 63.7 cm³/mol. The Morgan fingerprint density at radius 1 is 1.28 bits per heavy atom. The third kappa shape index (κ3) is 1.60. The fraction of sp³-hybridized carbons (Fsp3) is 0.571. The molecule has 0 amide bonds. The van der Waals surface area contributed by atoms with Crippen LogP contribution in [-0.4, -0.2) is 35.5 Å². The molecule has 0 spiro atoms. The Balaban J connectivity index is 2.01. The minimum absolute atomic E-state index is 0.00801. The summed E-state index contributed by atoms with van der Waals surface area (Å²) < 4.78 is 5.59. The van der Waals surface area contributed by atoms with E-state index in [4.69, 9.17) is 4.74 Å². The number of rotatable bonds is 1. The largest absolute Gasteiger partial charge is 0.391 e. The van der Waals surface area contributed by atoms with Gasteiger partial charge in [-0.25, -0.2) is 0 Å². The third-order valence-corrected chi connectivity index (χ3v) is 4.26. The number of carbonyl (C=O) groups excluding carboxylic acids is 2. The summed E-state index contributed by atoms with van der Waals surface area (Å²) in [7, 11) is 0. The molecule has 0 aromatic carbocycles. The van der Waals surface area contributed by atoms with Crippen molar-refractivity contribution in [1.29, 1.82) is 0 Å². The van der Waals surface area contributed by atoms with E-state index in [0.29, 0.717) is 13.0 Å². The lowest BCUT2D eigenvalue weighted by Gasteiger charge is -2.37. The number of carbonyl (C=O) groups is 2. The summed E-state index contributed by atoms with van der Waals surface area (Å²) in [6, 6.07) is 0. The maximum absolute atomic E-state index is 12.1. The van der Waals surface area contributed by atoms with E-state index in [0.717, 1.165) is 5.57 Å². The second kappa shape index (κ2) is 4.14. The Morgan fingerprint density at radius 3 is 2.72 bits per heavy atom. The van der Waals surface area contributed by atoms with Crippen molar-refractivity contribution in [2.45, 2.75) is 25.6 Å². The van der Waals surface area contributed by atoms with Gasteiger partial charge in [-0.05, 0) is 31.1 Å². The number of hydrogen-bond acceptors (Lipinski definition) is 4. The first-order valence-electron chi connectivity index (χ1n) is 6.34. The molecule has 1 N–H and O–H groups in total. The number of ketones is 2. The summed E-state index contributed by atoms with van der Waals surface area (Å²) in [6.07, 6.45) is 4.39. The van der Waals surface area contributed by atoms with E-state index in [9.17, 15) is 14.7 Å². The molecule has 5 atom stereocenters. The average molecular weight is 248 g/mol. The number of allylic oxidation sites excluding steroid dienone is 3. The minimum atomic E-state index is -0.631. The number of fused-ring (bicyclic) bond motifs is 3. The average Bonchev–Trinajstić information content (AvgIpc) is 2.77. The summed E-state index contributed by atoms with van der Waals surface area (Å²) in [5.74, 6) is -0.730. The summed E-state index contributed by atoms with van der Waals surface area (Å²) >= 11 is 0. The Bertz CT molecular complexity index is 460. The smallest absolute Gasteiger partial charge is 0.160 e. The highest BCUT2D eigenvalue weighted by molar-refractivity contribution is 6.07. The van der Waals surface area contributed by atoms with Crippen LogP contribution < -0.4 is 0 Å². The van der Waals surface area contributed by atoms with Crippen LogP contribution in [-0.2, 0) is 14.3 Å².